The van der Waals surface area contributed by atoms with E-state index in [1.54, 1.807) is 11.8 Å². The Balaban J connectivity index is 2.03. The number of rotatable bonds is 8. The van der Waals surface area contributed by atoms with E-state index in [2.05, 4.69) is 6.08 Å². The van der Waals surface area contributed by atoms with Gasteiger partial charge >= 0.3 is 5.97 Å². The van der Waals surface area contributed by atoms with Crippen LogP contribution in [0.4, 0.5) is 0 Å². The van der Waals surface area contributed by atoms with Crippen molar-refractivity contribution in [3.63, 3.8) is 0 Å². The van der Waals surface area contributed by atoms with E-state index in [0.717, 1.165) is 24.8 Å². The molecule has 1 aliphatic rings. The van der Waals surface area contributed by atoms with E-state index in [1.807, 2.05) is 31.2 Å². The topological polar surface area (TPSA) is 46.6 Å². The number of ether oxygens (including phenoxy) is 1. The van der Waals surface area contributed by atoms with Gasteiger partial charge < -0.3 is 9.64 Å². The first-order valence-corrected chi connectivity index (χ1v) is 9.29. The van der Waals surface area contributed by atoms with Gasteiger partial charge in [0.1, 0.15) is 0 Å². The van der Waals surface area contributed by atoms with Crippen molar-refractivity contribution in [1.29, 1.82) is 0 Å². The van der Waals surface area contributed by atoms with E-state index in [9.17, 15) is 9.59 Å². The number of hydrogen-bond donors (Lipinski definition) is 0. The fraction of sp³-hybridized carbons (Fsp3) is 0.524. The third-order valence-electron chi connectivity index (χ3n) is 4.53. The largest absolute Gasteiger partial charge is 0.466 e. The predicted octanol–water partition coefficient (Wildman–Crippen LogP) is 4.28. The minimum atomic E-state index is -0.249. The van der Waals surface area contributed by atoms with Gasteiger partial charge in [-0.1, -0.05) is 29.3 Å². The smallest absolute Gasteiger partial charge is 0.307 e. The van der Waals surface area contributed by atoms with Gasteiger partial charge in [0.15, 0.2) is 0 Å². The van der Waals surface area contributed by atoms with Crippen LogP contribution in [0.1, 0.15) is 61.4 Å². The summed E-state index contributed by atoms with van der Waals surface area (Å²) in [6.07, 6.45) is 8.21. The van der Waals surface area contributed by atoms with E-state index in [1.165, 1.54) is 18.4 Å². The molecule has 0 aliphatic heterocycles. The SMILES string of the molecule is CCOC(=O)CCN(CCC1=CCCCC1)C(=O)c1cccc(C)c1. The van der Waals surface area contributed by atoms with E-state index >= 15 is 0 Å². The maximum absolute atomic E-state index is 12.9. The summed E-state index contributed by atoms with van der Waals surface area (Å²) in [6, 6.07) is 7.62. The molecule has 4 heteroatoms. The fourth-order valence-corrected chi connectivity index (χ4v) is 3.15. The monoisotopic (exact) mass is 343 g/mol. The van der Waals surface area contributed by atoms with Crippen molar-refractivity contribution in [2.24, 2.45) is 0 Å². The fourth-order valence-electron chi connectivity index (χ4n) is 3.15. The molecular weight excluding hydrogens is 314 g/mol. The molecule has 1 aromatic carbocycles. The lowest BCUT2D eigenvalue weighted by molar-refractivity contribution is -0.143. The van der Waals surface area contributed by atoms with Crippen molar-refractivity contribution in [2.75, 3.05) is 19.7 Å². The molecule has 0 fully saturated rings. The Morgan fingerprint density at radius 3 is 2.72 bits per heavy atom. The van der Waals surface area contributed by atoms with E-state index in [0.29, 0.717) is 25.3 Å². The molecule has 0 radical (unpaired) electrons. The zero-order chi connectivity index (χ0) is 18.1. The molecule has 0 unspecified atom stereocenters. The highest BCUT2D eigenvalue weighted by Crippen LogP contribution is 2.21. The van der Waals surface area contributed by atoms with E-state index in [4.69, 9.17) is 4.74 Å². The number of hydrogen-bond acceptors (Lipinski definition) is 3. The molecular formula is C21H29NO3. The Kier molecular flexibility index (Phi) is 7.71. The lowest BCUT2D eigenvalue weighted by Crippen LogP contribution is -2.34. The Bertz CT molecular complexity index is 621. The van der Waals surface area contributed by atoms with Crippen molar-refractivity contribution in [1.82, 2.24) is 4.90 Å². The molecule has 1 aromatic rings. The van der Waals surface area contributed by atoms with Crippen LogP contribution in [0.3, 0.4) is 0 Å². The average Bonchev–Trinajstić information content (AvgIpc) is 2.62. The number of aryl methyl sites for hydroxylation is 1. The van der Waals surface area contributed by atoms with Crippen molar-refractivity contribution in [2.45, 2.75) is 52.4 Å². The number of carbonyl (C=O) groups is 2. The number of allylic oxidation sites excluding steroid dienone is 1. The third-order valence-corrected chi connectivity index (χ3v) is 4.53. The molecule has 1 aliphatic carbocycles. The maximum Gasteiger partial charge on any atom is 0.307 e. The van der Waals surface area contributed by atoms with Gasteiger partial charge in [0.25, 0.3) is 5.91 Å². The van der Waals surface area contributed by atoms with E-state index in [-0.39, 0.29) is 18.3 Å². The highest BCUT2D eigenvalue weighted by Gasteiger charge is 2.18. The Morgan fingerprint density at radius 2 is 2.04 bits per heavy atom. The molecule has 0 saturated heterocycles. The number of amides is 1. The summed E-state index contributed by atoms with van der Waals surface area (Å²) in [5, 5.41) is 0. The molecule has 0 N–H and O–H groups in total. The van der Waals surface area contributed by atoms with Gasteiger partial charge in [-0.15, -0.1) is 0 Å². The first kappa shape index (κ1) is 19.2. The second-order valence-electron chi connectivity index (χ2n) is 6.57. The zero-order valence-electron chi connectivity index (χ0n) is 15.4. The van der Waals surface area contributed by atoms with Crippen molar-refractivity contribution in [3.05, 3.63) is 47.0 Å². The van der Waals surface area contributed by atoms with Crippen LogP contribution >= 0.6 is 0 Å². The molecule has 0 aromatic heterocycles. The highest BCUT2D eigenvalue weighted by molar-refractivity contribution is 5.94. The lowest BCUT2D eigenvalue weighted by atomic mass is 9.97. The van der Waals surface area contributed by atoms with Gasteiger partial charge in [-0.05, 0) is 58.1 Å². The maximum atomic E-state index is 12.9. The predicted molar refractivity (Wildman–Crippen MR) is 99.5 cm³/mol. The highest BCUT2D eigenvalue weighted by atomic mass is 16.5. The summed E-state index contributed by atoms with van der Waals surface area (Å²) in [7, 11) is 0. The summed E-state index contributed by atoms with van der Waals surface area (Å²) in [5.74, 6) is -0.258. The number of carbonyl (C=O) groups excluding carboxylic acids is 2. The van der Waals surface area contributed by atoms with Crippen LogP contribution in [-0.2, 0) is 9.53 Å². The van der Waals surface area contributed by atoms with Gasteiger partial charge in [-0.3, -0.25) is 9.59 Å². The van der Waals surface area contributed by atoms with Crippen LogP contribution < -0.4 is 0 Å². The molecule has 0 bridgehead atoms. The average molecular weight is 343 g/mol. The number of benzene rings is 1. The first-order chi connectivity index (χ1) is 12.1. The van der Waals surface area contributed by atoms with Crippen molar-refractivity contribution in [3.8, 4) is 0 Å². The first-order valence-electron chi connectivity index (χ1n) is 9.29. The van der Waals surface area contributed by atoms with Gasteiger partial charge in [0.2, 0.25) is 0 Å². The summed E-state index contributed by atoms with van der Waals surface area (Å²) in [4.78, 5) is 26.4. The quantitative estimate of drug-likeness (QED) is 0.523. The van der Waals surface area contributed by atoms with E-state index < -0.39 is 0 Å². The molecule has 0 atom stereocenters. The van der Waals surface area contributed by atoms with Crippen LogP contribution in [0, 0.1) is 6.92 Å². The van der Waals surface area contributed by atoms with Crippen molar-refractivity contribution >= 4 is 11.9 Å². The normalized spacial score (nSPS) is 13.9. The number of nitrogens with zero attached hydrogens (tertiary/aromatic N) is 1. The molecule has 25 heavy (non-hydrogen) atoms. The number of esters is 1. The molecule has 0 heterocycles. The van der Waals surface area contributed by atoms with Crippen molar-refractivity contribution < 1.29 is 14.3 Å². The third kappa shape index (κ3) is 6.37. The summed E-state index contributed by atoms with van der Waals surface area (Å²) < 4.78 is 5.00. The van der Waals surface area contributed by atoms with Gasteiger partial charge in [-0.2, -0.15) is 0 Å². The lowest BCUT2D eigenvalue weighted by Gasteiger charge is -2.24. The van der Waals surface area contributed by atoms with Crippen LogP contribution in [0.2, 0.25) is 0 Å². The Hall–Kier alpha value is -2.10. The van der Waals surface area contributed by atoms with Crippen LogP contribution in [0.5, 0.6) is 0 Å². The minimum absolute atomic E-state index is 0.00981. The Morgan fingerprint density at radius 1 is 1.20 bits per heavy atom. The summed E-state index contributed by atoms with van der Waals surface area (Å²) >= 11 is 0. The summed E-state index contributed by atoms with van der Waals surface area (Å²) in [6.45, 7) is 5.20. The molecule has 4 nitrogen and oxygen atoms in total. The van der Waals surface area contributed by atoms with Gasteiger partial charge in [-0.25, -0.2) is 0 Å². The Labute approximate surface area is 150 Å². The standard InChI is InChI=1S/C21H29NO3/c1-3-25-20(23)13-15-22(14-12-18-9-5-4-6-10-18)21(24)19-11-7-8-17(2)16-19/h7-9,11,16H,3-6,10,12-15H2,1-2H3. The van der Waals surface area contributed by atoms with Crippen LogP contribution in [0.25, 0.3) is 0 Å². The molecule has 136 valence electrons. The van der Waals surface area contributed by atoms with Gasteiger partial charge in [0.05, 0.1) is 13.0 Å². The van der Waals surface area contributed by atoms with Crippen LogP contribution in [-0.4, -0.2) is 36.5 Å². The summed E-state index contributed by atoms with van der Waals surface area (Å²) in [5.41, 5.74) is 3.18. The molecule has 1 amide bonds. The van der Waals surface area contributed by atoms with Crippen LogP contribution in [0.15, 0.2) is 35.9 Å². The molecule has 2 rings (SSSR count). The minimum Gasteiger partial charge on any atom is -0.466 e. The second-order valence-corrected chi connectivity index (χ2v) is 6.57. The molecule has 0 spiro atoms. The molecule has 0 saturated carbocycles. The zero-order valence-corrected chi connectivity index (χ0v) is 15.4. The van der Waals surface area contributed by atoms with Gasteiger partial charge in [0, 0.05) is 18.7 Å². The second kappa shape index (κ2) is 10.0.